The zero-order valence-corrected chi connectivity index (χ0v) is 22.4. The van der Waals surface area contributed by atoms with Crippen LogP contribution in [0.3, 0.4) is 0 Å². The standard InChI is InChI=1S/C28H29N3O4S2/c1-28(2,3)27(32)30-24(17-19-9-15-23(16-10-19)31-37(33,34)35)26-29-25(18-36-26)22-13-11-21(12-14-22)20-7-5-4-6-8-20/h4-16,18,24,31H,17H2,1-3H3,(H,30,32)(H,33,34,35)/t24-/m0/s1. The number of aromatic nitrogens is 1. The van der Waals surface area contributed by atoms with Crippen molar-refractivity contribution in [2.24, 2.45) is 5.41 Å². The summed E-state index contributed by atoms with van der Waals surface area (Å²) in [5.74, 6) is -0.0916. The van der Waals surface area contributed by atoms with Crippen molar-refractivity contribution < 1.29 is 17.8 Å². The molecule has 0 radical (unpaired) electrons. The van der Waals surface area contributed by atoms with Crippen molar-refractivity contribution in [2.75, 3.05) is 4.72 Å². The molecule has 1 amide bonds. The van der Waals surface area contributed by atoms with E-state index in [0.29, 0.717) is 6.42 Å². The minimum atomic E-state index is -4.35. The Labute approximate surface area is 221 Å². The summed E-state index contributed by atoms with van der Waals surface area (Å²) in [7, 11) is -4.35. The molecule has 3 aromatic carbocycles. The van der Waals surface area contributed by atoms with Gasteiger partial charge in [-0.1, -0.05) is 87.5 Å². The lowest BCUT2D eigenvalue weighted by molar-refractivity contribution is -0.129. The Morgan fingerprint density at radius 1 is 0.919 bits per heavy atom. The van der Waals surface area contributed by atoms with Crippen LogP contribution in [0, 0.1) is 5.41 Å². The quantitative estimate of drug-likeness (QED) is 0.235. The number of thiazole rings is 1. The third-order valence-corrected chi connectivity index (χ3v) is 7.19. The van der Waals surface area contributed by atoms with Crippen molar-refractivity contribution >= 4 is 33.2 Å². The highest BCUT2D eigenvalue weighted by molar-refractivity contribution is 7.87. The van der Waals surface area contributed by atoms with E-state index in [-0.39, 0.29) is 17.6 Å². The van der Waals surface area contributed by atoms with Gasteiger partial charge in [0.05, 0.1) is 17.4 Å². The number of anilines is 1. The van der Waals surface area contributed by atoms with Crippen molar-refractivity contribution in [1.82, 2.24) is 10.3 Å². The number of benzene rings is 3. The highest BCUT2D eigenvalue weighted by atomic mass is 32.2. The van der Waals surface area contributed by atoms with Gasteiger partial charge in [-0.2, -0.15) is 8.42 Å². The lowest BCUT2D eigenvalue weighted by Gasteiger charge is -2.23. The third-order valence-electron chi connectivity index (χ3n) is 5.73. The number of carbonyl (C=O) groups excluding carboxylic acids is 1. The van der Waals surface area contributed by atoms with Crippen LogP contribution in [0.4, 0.5) is 5.69 Å². The van der Waals surface area contributed by atoms with Crippen molar-refractivity contribution in [1.29, 1.82) is 0 Å². The predicted molar refractivity (Wildman–Crippen MR) is 149 cm³/mol. The highest BCUT2D eigenvalue weighted by Gasteiger charge is 2.26. The third kappa shape index (κ3) is 7.25. The van der Waals surface area contributed by atoms with Crippen LogP contribution in [-0.4, -0.2) is 23.9 Å². The summed E-state index contributed by atoms with van der Waals surface area (Å²) in [6.45, 7) is 5.57. The summed E-state index contributed by atoms with van der Waals surface area (Å²) in [4.78, 5) is 17.7. The van der Waals surface area contributed by atoms with Gasteiger partial charge in [-0.25, -0.2) is 4.98 Å². The van der Waals surface area contributed by atoms with E-state index in [2.05, 4.69) is 29.6 Å². The normalized spacial score (nSPS) is 12.6. The Morgan fingerprint density at radius 2 is 1.51 bits per heavy atom. The van der Waals surface area contributed by atoms with Gasteiger partial charge in [-0.3, -0.25) is 14.1 Å². The molecule has 3 N–H and O–H groups in total. The van der Waals surface area contributed by atoms with Gasteiger partial charge >= 0.3 is 10.3 Å². The molecule has 0 unspecified atom stereocenters. The first-order valence-electron chi connectivity index (χ1n) is 11.7. The van der Waals surface area contributed by atoms with Crippen LogP contribution < -0.4 is 10.0 Å². The molecule has 192 valence electrons. The van der Waals surface area contributed by atoms with E-state index in [9.17, 15) is 13.2 Å². The molecule has 0 aliphatic carbocycles. The van der Waals surface area contributed by atoms with Crippen LogP contribution in [0.25, 0.3) is 22.4 Å². The molecule has 1 aromatic heterocycles. The largest absolute Gasteiger partial charge is 0.357 e. The molecule has 0 spiro atoms. The maximum atomic E-state index is 12.9. The molecular formula is C28H29N3O4S2. The van der Waals surface area contributed by atoms with Crippen molar-refractivity contribution in [3.05, 3.63) is 94.8 Å². The number of nitrogens with zero attached hydrogens (tertiary/aromatic N) is 1. The molecule has 0 saturated carbocycles. The Hall–Kier alpha value is -3.53. The first kappa shape index (κ1) is 26.5. The van der Waals surface area contributed by atoms with Crippen LogP contribution in [0.5, 0.6) is 0 Å². The fourth-order valence-corrected chi connectivity index (χ4v) is 5.03. The number of hydrogen-bond donors (Lipinski definition) is 3. The summed E-state index contributed by atoms with van der Waals surface area (Å²) in [5.41, 5.74) is 4.65. The molecule has 4 aromatic rings. The van der Waals surface area contributed by atoms with Gasteiger partial charge in [0.25, 0.3) is 0 Å². The molecule has 7 nitrogen and oxygen atoms in total. The summed E-state index contributed by atoms with van der Waals surface area (Å²) in [6.07, 6.45) is 0.466. The second-order valence-electron chi connectivity index (χ2n) is 9.77. The number of hydrogen-bond acceptors (Lipinski definition) is 5. The summed E-state index contributed by atoms with van der Waals surface area (Å²) < 4.78 is 33.1. The predicted octanol–water partition coefficient (Wildman–Crippen LogP) is 6.14. The molecule has 0 fully saturated rings. The molecule has 0 saturated heterocycles. The monoisotopic (exact) mass is 535 g/mol. The zero-order valence-electron chi connectivity index (χ0n) is 20.8. The van der Waals surface area contributed by atoms with Gasteiger partial charge < -0.3 is 5.32 Å². The van der Waals surface area contributed by atoms with Gasteiger partial charge in [0.2, 0.25) is 5.91 Å². The van der Waals surface area contributed by atoms with E-state index < -0.39 is 15.7 Å². The van der Waals surface area contributed by atoms with Crippen LogP contribution >= 0.6 is 11.3 Å². The van der Waals surface area contributed by atoms with Crippen molar-refractivity contribution in [3.63, 3.8) is 0 Å². The lowest BCUT2D eigenvalue weighted by Crippen LogP contribution is -2.38. The van der Waals surface area contributed by atoms with Gasteiger partial charge in [0.15, 0.2) is 0 Å². The summed E-state index contributed by atoms with van der Waals surface area (Å²) in [6, 6.07) is 24.7. The topological polar surface area (TPSA) is 108 Å². The summed E-state index contributed by atoms with van der Waals surface area (Å²) in [5, 5.41) is 5.89. The van der Waals surface area contributed by atoms with Crippen molar-refractivity contribution in [3.8, 4) is 22.4 Å². The Bertz CT molecular complexity index is 1460. The molecule has 1 atom stereocenters. The van der Waals surface area contributed by atoms with Gasteiger partial charge in [-0.15, -0.1) is 11.3 Å². The molecule has 1 heterocycles. The van der Waals surface area contributed by atoms with Crippen molar-refractivity contribution in [2.45, 2.75) is 33.2 Å². The minimum Gasteiger partial charge on any atom is -0.346 e. The van der Waals surface area contributed by atoms with Gasteiger partial charge in [-0.05, 0) is 35.2 Å². The maximum absolute atomic E-state index is 12.9. The fourth-order valence-electron chi connectivity index (χ4n) is 3.71. The van der Waals surface area contributed by atoms with E-state index in [0.717, 1.165) is 33.0 Å². The number of nitrogens with one attached hydrogen (secondary N) is 2. The minimum absolute atomic E-state index is 0.0916. The molecule has 4 rings (SSSR count). The highest BCUT2D eigenvalue weighted by Crippen LogP contribution is 2.30. The van der Waals surface area contributed by atoms with Gasteiger partial charge in [0.1, 0.15) is 5.01 Å². The second kappa shape index (κ2) is 10.8. The van der Waals surface area contributed by atoms with Crippen LogP contribution in [-0.2, 0) is 21.5 Å². The van der Waals surface area contributed by atoms with E-state index in [1.165, 1.54) is 11.3 Å². The average molecular weight is 536 g/mol. The average Bonchev–Trinajstić information content (AvgIpc) is 3.34. The van der Waals surface area contributed by atoms with E-state index >= 15 is 0 Å². The van der Waals surface area contributed by atoms with E-state index in [1.54, 1.807) is 24.3 Å². The Morgan fingerprint density at radius 3 is 2.11 bits per heavy atom. The zero-order chi connectivity index (χ0) is 26.6. The number of rotatable bonds is 8. The lowest BCUT2D eigenvalue weighted by atomic mass is 9.94. The van der Waals surface area contributed by atoms with Crippen LogP contribution in [0.1, 0.15) is 37.4 Å². The Balaban J connectivity index is 1.57. The van der Waals surface area contributed by atoms with Gasteiger partial charge in [0, 0.05) is 16.4 Å². The maximum Gasteiger partial charge on any atom is 0.357 e. The van der Waals surface area contributed by atoms with E-state index in [1.807, 2.05) is 61.2 Å². The fraction of sp³-hybridized carbons (Fsp3) is 0.214. The number of amides is 1. The second-order valence-corrected chi connectivity index (χ2v) is 11.8. The Kier molecular flexibility index (Phi) is 7.77. The molecule has 37 heavy (non-hydrogen) atoms. The van der Waals surface area contributed by atoms with E-state index in [4.69, 9.17) is 9.54 Å². The SMILES string of the molecule is CC(C)(C)C(=O)N[C@@H](Cc1ccc(NS(=O)(=O)O)cc1)c1nc(-c2ccc(-c3ccccc3)cc2)cs1. The van der Waals surface area contributed by atoms with Crippen LogP contribution in [0.15, 0.2) is 84.2 Å². The molecule has 9 heteroatoms. The van der Waals surface area contributed by atoms with Crippen LogP contribution in [0.2, 0.25) is 0 Å². The molecule has 0 bridgehead atoms. The first-order valence-corrected chi connectivity index (χ1v) is 14.1. The molecule has 0 aliphatic heterocycles. The summed E-state index contributed by atoms with van der Waals surface area (Å²) >= 11 is 1.49. The number of carbonyl (C=O) groups is 1. The molecular weight excluding hydrogens is 506 g/mol. The molecule has 0 aliphatic rings. The first-order chi connectivity index (χ1) is 17.5. The smallest absolute Gasteiger partial charge is 0.346 e.